The maximum Gasteiger partial charge on any atom is 0.488 e. The zero-order valence-corrected chi connectivity index (χ0v) is 10.9. The van der Waals surface area contributed by atoms with Crippen LogP contribution in [0.25, 0.3) is 11.1 Å². The van der Waals surface area contributed by atoms with Crippen LogP contribution in [0.3, 0.4) is 0 Å². The van der Waals surface area contributed by atoms with Gasteiger partial charge in [-0.15, -0.1) is 0 Å². The SMILES string of the molecule is CC1(C)c2cc(O)ccc2-c2ccc(B(O)O)cc21. The average molecular weight is 254 g/mol. The van der Waals surface area contributed by atoms with Crippen molar-refractivity contribution in [2.45, 2.75) is 19.3 Å². The van der Waals surface area contributed by atoms with Gasteiger partial charge < -0.3 is 15.2 Å². The molecule has 0 saturated heterocycles. The fourth-order valence-electron chi connectivity index (χ4n) is 2.90. The van der Waals surface area contributed by atoms with Crippen LogP contribution in [0.5, 0.6) is 5.75 Å². The first-order valence-electron chi connectivity index (χ1n) is 6.25. The van der Waals surface area contributed by atoms with E-state index in [-0.39, 0.29) is 11.2 Å². The van der Waals surface area contributed by atoms with Gasteiger partial charge in [0.1, 0.15) is 5.75 Å². The van der Waals surface area contributed by atoms with E-state index in [0.717, 1.165) is 22.3 Å². The summed E-state index contributed by atoms with van der Waals surface area (Å²) in [7, 11) is -1.46. The van der Waals surface area contributed by atoms with Crippen molar-refractivity contribution >= 4 is 12.6 Å². The zero-order chi connectivity index (χ0) is 13.8. The molecule has 2 aromatic carbocycles. The molecule has 0 heterocycles. The number of benzene rings is 2. The first kappa shape index (κ1) is 12.3. The van der Waals surface area contributed by atoms with Crippen LogP contribution < -0.4 is 5.46 Å². The average Bonchev–Trinajstić information content (AvgIpc) is 2.58. The Bertz CT molecular complexity index is 662. The molecule has 1 aliphatic rings. The van der Waals surface area contributed by atoms with E-state index in [1.54, 1.807) is 18.2 Å². The van der Waals surface area contributed by atoms with Crippen molar-refractivity contribution in [1.82, 2.24) is 0 Å². The molecule has 96 valence electrons. The number of phenols is 1. The highest BCUT2D eigenvalue weighted by Gasteiger charge is 2.36. The maximum atomic E-state index is 9.67. The van der Waals surface area contributed by atoms with Crippen molar-refractivity contribution in [2.24, 2.45) is 0 Å². The molecule has 1 aliphatic carbocycles. The summed E-state index contributed by atoms with van der Waals surface area (Å²) in [5, 5.41) is 28.3. The Hall–Kier alpha value is -1.78. The molecule has 3 N–H and O–H groups in total. The minimum absolute atomic E-state index is 0.252. The lowest BCUT2D eigenvalue weighted by Crippen LogP contribution is -2.31. The quantitative estimate of drug-likeness (QED) is 0.674. The van der Waals surface area contributed by atoms with Gasteiger partial charge in [-0.1, -0.05) is 38.1 Å². The summed E-state index contributed by atoms with van der Waals surface area (Å²) in [4.78, 5) is 0. The van der Waals surface area contributed by atoms with E-state index < -0.39 is 7.12 Å². The van der Waals surface area contributed by atoms with Crippen LogP contribution in [-0.4, -0.2) is 22.3 Å². The van der Waals surface area contributed by atoms with Crippen molar-refractivity contribution in [3.63, 3.8) is 0 Å². The standard InChI is InChI=1S/C15H15BO3/c1-15(2)13-7-9(16(18)19)3-5-11(13)12-6-4-10(17)8-14(12)15/h3-8,17-19H,1-2H3. The van der Waals surface area contributed by atoms with Gasteiger partial charge in [0.15, 0.2) is 0 Å². The summed E-state index contributed by atoms with van der Waals surface area (Å²) in [6.45, 7) is 4.15. The number of fused-ring (bicyclic) bond motifs is 3. The van der Waals surface area contributed by atoms with Crippen LogP contribution in [-0.2, 0) is 5.41 Å². The van der Waals surface area contributed by atoms with Gasteiger partial charge in [-0.05, 0) is 39.8 Å². The molecule has 0 atom stereocenters. The highest BCUT2D eigenvalue weighted by Crippen LogP contribution is 2.48. The lowest BCUT2D eigenvalue weighted by Gasteiger charge is -2.22. The minimum Gasteiger partial charge on any atom is -0.508 e. The van der Waals surface area contributed by atoms with Crippen LogP contribution in [0.1, 0.15) is 25.0 Å². The zero-order valence-electron chi connectivity index (χ0n) is 10.9. The van der Waals surface area contributed by atoms with Crippen molar-refractivity contribution in [3.8, 4) is 16.9 Å². The molecule has 0 radical (unpaired) electrons. The van der Waals surface area contributed by atoms with Gasteiger partial charge in [0.05, 0.1) is 0 Å². The number of phenolic OH excluding ortho intramolecular Hbond substituents is 1. The minimum atomic E-state index is -1.46. The molecule has 0 unspecified atom stereocenters. The van der Waals surface area contributed by atoms with Gasteiger partial charge in [0.2, 0.25) is 0 Å². The van der Waals surface area contributed by atoms with Crippen LogP contribution >= 0.6 is 0 Å². The first-order valence-corrected chi connectivity index (χ1v) is 6.25. The van der Waals surface area contributed by atoms with Crippen LogP contribution in [0, 0.1) is 0 Å². The van der Waals surface area contributed by atoms with Crippen molar-refractivity contribution in [1.29, 1.82) is 0 Å². The van der Waals surface area contributed by atoms with Gasteiger partial charge in [-0.25, -0.2) is 0 Å². The fraction of sp³-hybridized carbons (Fsp3) is 0.200. The highest BCUT2D eigenvalue weighted by molar-refractivity contribution is 6.58. The second-order valence-corrected chi connectivity index (χ2v) is 5.53. The van der Waals surface area contributed by atoms with E-state index >= 15 is 0 Å². The molecule has 3 nitrogen and oxygen atoms in total. The number of rotatable bonds is 1. The van der Waals surface area contributed by atoms with E-state index in [1.165, 1.54) is 0 Å². The lowest BCUT2D eigenvalue weighted by atomic mass is 9.75. The summed E-state index contributed by atoms with van der Waals surface area (Å²) in [5.74, 6) is 0.252. The van der Waals surface area contributed by atoms with E-state index in [9.17, 15) is 15.2 Å². The third-order valence-electron chi connectivity index (χ3n) is 3.98. The molecule has 4 heteroatoms. The molecular weight excluding hydrogens is 239 g/mol. The largest absolute Gasteiger partial charge is 0.508 e. The van der Waals surface area contributed by atoms with Crippen molar-refractivity contribution < 1.29 is 15.2 Å². The van der Waals surface area contributed by atoms with Gasteiger partial charge in [0.25, 0.3) is 0 Å². The third-order valence-corrected chi connectivity index (χ3v) is 3.98. The van der Waals surface area contributed by atoms with Gasteiger partial charge in [0, 0.05) is 5.41 Å². The Labute approximate surface area is 112 Å². The third kappa shape index (κ3) is 1.68. The maximum absolute atomic E-state index is 9.67. The smallest absolute Gasteiger partial charge is 0.488 e. The molecule has 0 amide bonds. The number of aromatic hydroxyl groups is 1. The molecule has 3 rings (SSSR count). The topological polar surface area (TPSA) is 60.7 Å². The van der Waals surface area contributed by atoms with E-state index in [2.05, 4.69) is 13.8 Å². The van der Waals surface area contributed by atoms with Crippen molar-refractivity contribution in [2.75, 3.05) is 0 Å². The molecule has 2 aromatic rings. The first-order chi connectivity index (χ1) is 8.91. The van der Waals surface area contributed by atoms with E-state index in [0.29, 0.717) is 5.46 Å². The molecule has 0 spiro atoms. The monoisotopic (exact) mass is 254 g/mol. The molecule has 0 aliphatic heterocycles. The predicted molar refractivity (Wildman–Crippen MR) is 75.5 cm³/mol. The second-order valence-electron chi connectivity index (χ2n) is 5.53. The number of hydrogen-bond donors (Lipinski definition) is 3. The van der Waals surface area contributed by atoms with Crippen molar-refractivity contribution in [3.05, 3.63) is 47.5 Å². The molecule has 0 saturated carbocycles. The normalized spacial score (nSPS) is 14.9. The highest BCUT2D eigenvalue weighted by atomic mass is 16.4. The lowest BCUT2D eigenvalue weighted by molar-refractivity contribution is 0.425. The van der Waals surface area contributed by atoms with Crippen LogP contribution in [0.4, 0.5) is 0 Å². The second kappa shape index (κ2) is 3.86. The van der Waals surface area contributed by atoms with Gasteiger partial charge >= 0.3 is 7.12 Å². The molecule has 0 aromatic heterocycles. The Morgan fingerprint density at radius 3 is 2.11 bits per heavy atom. The number of hydrogen-bond acceptors (Lipinski definition) is 3. The van der Waals surface area contributed by atoms with Gasteiger partial charge in [-0.2, -0.15) is 0 Å². The van der Waals surface area contributed by atoms with E-state index in [4.69, 9.17) is 0 Å². The van der Waals surface area contributed by atoms with Crippen LogP contribution in [0.15, 0.2) is 36.4 Å². The summed E-state index contributed by atoms with van der Waals surface area (Å²) in [5.41, 5.74) is 4.53. The van der Waals surface area contributed by atoms with Crippen LogP contribution in [0.2, 0.25) is 0 Å². The molecule has 0 bridgehead atoms. The van der Waals surface area contributed by atoms with E-state index in [1.807, 2.05) is 18.2 Å². The predicted octanol–water partition coefficient (Wildman–Crippen LogP) is 1.38. The summed E-state index contributed by atoms with van der Waals surface area (Å²) in [6.07, 6.45) is 0. The van der Waals surface area contributed by atoms with Gasteiger partial charge in [-0.3, -0.25) is 0 Å². The summed E-state index contributed by atoms with van der Waals surface area (Å²) in [6, 6.07) is 10.8. The Morgan fingerprint density at radius 1 is 0.895 bits per heavy atom. The molecule has 19 heavy (non-hydrogen) atoms. The Kier molecular flexibility index (Phi) is 2.49. The molecular formula is C15H15BO3. The fourth-order valence-corrected chi connectivity index (χ4v) is 2.90. The summed E-state index contributed by atoms with van der Waals surface area (Å²) >= 11 is 0. The molecule has 0 fully saturated rings. The Balaban J connectivity index is 2.28. The summed E-state index contributed by atoms with van der Waals surface area (Å²) < 4.78 is 0. The Morgan fingerprint density at radius 2 is 1.47 bits per heavy atom.